The van der Waals surface area contributed by atoms with Crippen LogP contribution >= 0.6 is 0 Å². The molecule has 7 atom stereocenters. The predicted octanol–water partition coefficient (Wildman–Crippen LogP) is 11.0. The molecule has 0 aliphatic carbocycles. The minimum absolute atomic E-state index is 0.106. The first-order chi connectivity index (χ1) is 35.0. The lowest BCUT2D eigenvalue weighted by atomic mass is 9.82. The molecule has 0 radical (unpaired) electrons. The Morgan fingerprint density at radius 1 is 0.514 bits per heavy atom. The van der Waals surface area contributed by atoms with Gasteiger partial charge in [0.1, 0.15) is 34.9 Å². The molecule has 4 rings (SSSR count). The summed E-state index contributed by atoms with van der Waals surface area (Å²) in [6.45, 7) is 16.9. The lowest BCUT2D eigenvalue weighted by Gasteiger charge is -2.31. The fraction of sp³-hybridized carbons (Fsp3) is 0.525. The molecule has 0 saturated heterocycles. The second kappa shape index (κ2) is 31.7. The highest BCUT2D eigenvalue weighted by molar-refractivity contribution is 5.82. The van der Waals surface area contributed by atoms with Gasteiger partial charge >= 0.3 is 24.1 Å². The van der Waals surface area contributed by atoms with Crippen molar-refractivity contribution < 1.29 is 61.5 Å². The maximum absolute atomic E-state index is 13.5. The monoisotopic (exact) mass is 1030 g/mol. The van der Waals surface area contributed by atoms with Crippen LogP contribution in [0.15, 0.2) is 109 Å². The van der Waals surface area contributed by atoms with Gasteiger partial charge in [-0.2, -0.15) is 0 Å². The Balaban J connectivity index is 0.000000390. The maximum atomic E-state index is 13.5. The number of esters is 2. The number of carbonyl (C=O) groups is 4. The number of amides is 2. The molecule has 4 aromatic carbocycles. The van der Waals surface area contributed by atoms with E-state index in [1.54, 1.807) is 60.6 Å². The van der Waals surface area contributed by atoms with Crippen LogP contribution in [0, 0.1) is 29.4 Å². The number of aliphatic hydroxyl groups excluding tert-OH is 1. The van der Waals surface area contributed by atoms with Crippen molar-refractivity contribution in [3.63, 3.8) is 0 Å². The molecule has 408 valence electrons. The Bertz CT molecular complexity index is 2070. The fourth-order valence-electron chi connectivity index (χ4n) is 8.30. The third kappa shape index (κ3) is 24.9. The van der Waals surface area contributed by atoms with E-state index < -0.39 is 53.5 Å². The standard InChI is InChI=1S/C30H42FNO5.C29H40FNO6/c1-21(2)25(20-23-12-15-24(31)16-13-23)27(17-14-22-10-8-7-9-11-22)36-19-18-26(28(33)35-6)32-29(34)37-30(3,4)5;1-20(32)24(19-22-11-14-23(30)15-12-22)26(16-13-21-9-7-6-8-10-21)36-18-17-25(27(33)35-5)31-28(34)37-29(2,3)4/h7-13,15-16,21,25-27H,14,17-20H2,1-6H3,(H,32,34);6-12,14-15,20,24-26,32H,13,16-19H2,1-5H3,(H,31,34)/t25-,26-,27+;20-,24-,25-,26+/m00/s1. The summed E-state index contributed by atoms with van der Waals surface area (Å²) in [5, 5.41) is 15.8. The fourth-order valence-corrected chi connectivity index (χ4v) is 8.30. The van der Waals surface area contributed by atoms with Crippen LogP contribution in [0.1, 0.15) is 110 Å². The van der Waals surface area contributed by atoms with Gasteiger partial charge < -0.3 is 44.2 Å². The number of ether oxygens (including phenoxy) is 6. The van der Waals surface area contributed by atoms with E-state index in [9.17, 15) is 33.1 Å². The largest absolute Gasteiger partial charge is 0.467 e. The van der Waals surface area contributed by atoms with E-state index >= 15 is 0 Å². The molecule has 0 bridgehead atoms. The first-order valence-corrected chi connectivity index (χ1v) is 25.6. The summed E-state index contributed by atoms with van der Waals surface area (Å²) >= 11 is 0. The van der Waals surface area contributed by atoms with Gasteiger partial charge in [0, 0.05) is 32.0 Å². The molecule has 4 aromatic rings. The maximum Gasteiger partial charge on any atom is 0.408 e. The number of carbonyl (C=O) groups excluding carboxylic acids is 4. The quantitative estimate of drug-likeness (QED) is 0.0404. The lowest BCUT2D eigenvalue weighted by molar-refractivity contribution is -0.144. The molecular weight excluding hydrogens is 951 g/mol. The minimum atomic E-state index is -0.947. The Morgan fingerprint density at radius 2 is 0.865 bits per heavy atom. The number of nitrogens with one attached hydrogen (secondary N) is 2. The summed E-state index contributed by atoms with van der Waals surface area (Å²) in [5.41, 5.74) is 2.90. The van der Waals surface area contributed by atoms with Crippen LogP contribution in [0.4, 0.5) is 18.4 Å². The van der Waals surface area contributed by atoms with E-state index in [0.29, 0.717) is 18.8 Å². The number of alkyl carbamates (subject to hydrolysis) is 2. The average Bonchev–Trinajstić information content (AvgIpc) is 3.34. The Morgan fingerprint density at radius 3 is 1.19 bits per heavy atom. The highest BCUT2D eigenvalue weighted by atomic mass is 19.1. The second-order valence-electron chi connectivity index (χ2n) is 20.9. The third-order valence-corrected chi connectivity index (χ3v) is 12.2. The smallest absolute Gasteiger partial charge is 0.408 e. The zero-order valence-corrected chi connectivity index (χ0v) is 45.4. The van der Waals surface area contributed by atoms with Crippen LogP contribution < -0.4 is 10.6 Å². The third-order valence-electron chi connectivity index (χ3n) is 12.2. The van der Waals surface area contributed by atoms with Crippen molar-refractivity contribution in [2.24, 2.45) is 17.8 Å². The molecule has 74 heavy (non-hydrogen) atoms. The normalized spacial score (nSPS) is 14.4. The van der Waals surface area contributed by atoms with Gasteiger partial charge in [0.05, 0.1) is 32.5 Å². The van der Waals surface area contributed by atoms with Gasteiger partial charge in [-0.15, -0.1) is 0 Å². The SMILES string of the molecule is COC(=O)[C@H](CCO[C@H](CCc1ccccc1)[C@@H](Cc1ccc(F)cc1)C(C)C)NC(=O)OC(C)(C)C.COC(=O)[C@H](CCO[C@H](CCc1ccccc1)[C@@H](Cc1ccc(F)cc1)[C@H](C)O)NC(=O)OC(C)(C)C. The number of benzene rings is 4. The summed E-state index contributed by atoms with van der Waals surface area (Å²) in [6, 6.07) is 31.2. The second-order valence-corrected chi connectivity index (χ2v) is 20.9. The number of hydrogen-bond acceptors (Lipinski definition) is 11. The van der Waals surface area contributed by atoms with Gasteiger partial charge in [-0.1, -0.05) is 98.8 Å². The van der Waals surface area contributed by atoms with E-state index in [1.807, 2.05) is 60.7 Å². The Labute approximate surface area is 438 Å². The van der Waals surface area contributed by atoms with Gasteiger partial charge in [0.15, 0.2) is 0 Å². The molecule has 13 nitrogen and oxygen atoms in total. The van der Waals surface area contributed by atoms with Crippen LogP contribution in [0.2, 0.25) is 0 Å². The highest BCUT2D eigenvalue weighted by Gasteiger charge is 2.31. The molecule has 0 saturated carbocycles. The van der Waals surface area contributed by atoms with E-state index in [1.165, 1.54) is 44.0 Å². The van der Waals surface area contributed by atoms with E-state index in [4.69, 9.17) is 28.4 Å². The number of halogens is 2. The predicted molar refractivity (Wildman–Crippen MR) is 282 cm³/mol. The van der Waals surface area contributed by atoms with Crippen molar-refractivity contribution in [1.29, 1.82) is 0 Å². The summed E-state index contributed by atoms with van der Waals surface area (Å²) < 4.78 is 59.8. The zero-order chi connectivity index (χ0) is 54.8. The number of aryl methyl sites for hydroxylation is 2. The minimum Gasteiger partial charge on any atom is -0.467 e. The molecule has 0 aliphatic heterocycles. The molecule has 0 aliphatic rings. The van der Waals surface area contributed by atoms with Gasteiger partial charge in [-0.05, 0) is 145 Å². The van der Waals surface area contributed by atoms with Crippen LogP contribution in [-0.2, 0) is 63.7 Å². The first kappa shape index (κ1) is 62.4. The number of aliphatic hydroxyl groups is 1. The van der Waals surface area contributed by atoms with E-state index in [0.717, 1.165) is 42.4 Å². The van der Waals surface area contributed by atoms with E-state index in [2.05, 4.69) is 36.6 Å². The first-order valence-electron chi connectivity index (χ1n) is 25.6. The lowest BCUT2D eigenvalue weighted by Crippen LogP contribution is -2.45. The van der Waals surface area contributed by atoms with Gasteiger partial charge in [-0.25, -0.2) is 28.0 Å². The molecule has 0 unspecified atom stereocenters. The van der Waals surface area contributed by atoms with Crippen molar-refractivity contribution in [2.75, 3.05) is 27.4 Å². The molecule has 3 N–H and O–H groups in total. The molecule has 0 heterocycles. The van der Waals surface area contributed by atoms with Crippen molar-refractivity contribution in [3.8, 4) is 0 Å². The highest BCUT2D eigenvalue weighted by Crippen LogP contribution is 2.28. The number of hydrogen-bond donors (Lipinski definition) is 3. The van der Waals surface area contributed by atoms with Crippen LogP contribution in [-0.4, -0.2) is 98.3 Å². The van der Waals surface area contributed by atoms with Crippen LogP contribution in [0.5, 0.6) is 0 Å². The summed E-state index contributed by atoms with van der Waals surface area (Å²) in [6.07, 6.45) is 2.08. The molecule has 0 spiro atoms. The van der Waals surface area contributed by atoms with Gasteiger partial charge in [-0.3, -0.25) is 0 Å². The summed E-state index contributed by atoms with van der Waals surface area (Å²) in [7, 11) is 2.54. The number of rotatable bonds is 26. The van der Waals surface area contributed by atoms with Crippen molar-refractivity contribution >= 4 is 24.1 Å². The van der Waals surface area contributed by atoms with E-state index in [-0.39, 0.29) is 61.7 Å². The molecule has 0 aromatic heterocycles. The molecule has 15 heteroatoms. The van der Waals surface area contributed by atoms with Crippen molar-refractivity contribution in [3.05, 3.63) is 143 Å². The molecule has 0 fully saturated rings. The average molecular weight is 1030 g/mol. The zero-order valence-electron chi connectivity index (χ0n) is 45.4. The topological polar surface area (TPSA) is 168 Å². The Hall–Kier alpha value is -5.90. The summed E-state index contributed by atoms with van der Waals surface area (Å²) in [4.78, 5) is 49.1. The van der Waals surface area contributed by atoms with Crippen LogP contribution in [0.3, 0.4) is 0 Å². The van der Waals surface area contributed by atoms with Crippen LogP contribution in [0.25, 0.3) is 0 Å². The van der Waals surface area contributed by atoms with Crippen molar-refractivity contribution in [2.45, 2.75) is 155 Å². The molecule has 2 amide bonds. The molecular formula is C59H82F2N2O11. The number of methoxy groups -OCH3 is 2. The van der Waals surface area contributed by atoms with Gasteiger partial charge in [0.25, 0.3) is 0 Å². The van der Waals surface area contributed by atoms with Gasteiger partial charge in [0.2, 0.25) is 0 Å². The Kier molecular flexibility index (Phi) is 26.8. The van der Waals surface area contributed by atoms with Crippen molar-refractivity contribution in [1.82, 2.24) is 10.6 Å². The summed E-state index contributed by atoms with van der Waals surface area (Å²) in [5.74, 6) is -1.53.